The smallest absolute Gasteiger partial charge is 0.238 e. The molecule has 4 heteroatoms. The number of nitrogens with zero attached hydrogens (tertiary/aromatic N) is 1. The number of rotatable bonds is 2. The normalized spacial score (nSPS) is 25.9. The molecule has 1 atom stereocenters. The van der Waals surface area contributed by atoms with E-state index in [4.69, 9.17) is 0 Å². The number of thiophene rings is 1. The van der Waals surface area contributed by atoms with E-state index < -0.39 is 0 Å². The van der Waals surface area contributed by atoms with Gasteiger partial charge in [0.2, 0.25) is 5.91 Å². The standard InChI is InChI=1S/C14H20N2OS/c1-10-7-8-12(18-10)14-15-9-13(17)16(14)11-5-3-2-4-6-11/h7-8,11,14-15H,2-6,9H2,1H3. The van der Waals surface area contributed by atoms with E-state index in [-0.39, 0.29) is 12.1 Å². The summed E-state index contributed by atoms with van der Waals surface area (Å²) in [6.45, 7) is 2.62. The Morgan fingerprint density at radius 3 is 2.72 bits per heavy atom. The molecule has 1 saturated heterocycles. The highest BCUT2D eigenvalue weighted by atomic mass is 32.1. The Kier molecular flexibility index (Phi) is 3.39. The number of hydrogen-bond donors (Lipinski definition) is 1. The predicted octanol–water partition coefficient (Wildman–Crippen LogP) is 2.82. The first-order valence-corrected chi connectivity index (χ1v) is 7.68. The molecule has 0 bridgehead atoms. The minimum atomic E-state index is 0.124. The third kappa shape index (κ3) is 2.19. The summed E-state index contributed by atoms with van der Waals surface area (Å²) in [6, 6.07) is 4.75. The van der Waals surface area contributed by atoms with E-state index in [0.29, 0.717) is 12.6 Å². The molecule has 1 aliphatic heterocycles. The minimum absolute atomic E-state index is 0.124. The maximum Gasteiger partial charge on any atom is 0.238 e. The second-order valence-electron chi connectivity index (χ2n) is 5.32. The number of carbonyl (C=O) groups is 1. The van der Waals surface area contributed by atoms with Crippen molar-refractivity contribution in [1.29, 1.82) is 0 Å². The van der Waals surface area contributed by atoms with E-state index in [1.807, 2.05) is 0 Å². The molecular weight excluding hydrogens is 244 g/mol. The number of hydrogen-bond acceptors (Lipinski definition) is 3. The van der Waals surface area contributed by atoms with Gasteiger partial charge in [-0.2, -0.15) is 0 Å². The van der Waals surface area contributed by atoms with Gasteiger partial charge in [-0.1, -0.05) is 19.3 Å². The van der Waals surface area contributed by atoms with Crippen LogP contribution in [0.25, 0.3) is 0 Å². The Hall–Kier alpha value is -0.870. The van der Waals surface area contributed by atoms with Crippen molar-refractivity contribution in [2.45, 2.75) is 51.2 Å². The van der Waals surface area contributed by atoms with Gasteiger partial charge in [-0.3, -0.25) is 10.1 Å². The first-order valence-electron chi connectivity index (χ1n) is 6.86. The summed E-state index contributed by atoms with van der Waals surface area (Å²) in [4.78, 5) is 16.8. The fraction of sp³-hybridized carbons (Fsp3) is 0.643. The molecule has 2 aliphatic rings. The largest absolute Gasteiger partial charge is 0.318 e. The molecule has 1 aliphatic carbocycles. The van der Waals surface area contributed by atoms with Gasteiger partial charge >= 0.3 is 0 Å². The highest BCUT2D eigenvalue weighted by Gasteiger charge is 2.37. The minimum Gasteiger partial charge on any atom is -0.318 e. The molecule has 1 aromatic rings. The molecule has 2 fully saturated rings. The molecule has 1 unspecified atom stereocenters. The SMILES string of the molecule is Cc1ccc(C2NCC(=O)N2C2CCCCC2)s1. The quantitative estimate of drug-likeness (QED) is 0.891. The van der Waals surface area contributed by atoms with Crippen LogP contribution in [0.15, 0.2) is 12.1 Å². The molecule has 0 spiro atoms. The van der Waals surface area contributed by atoms with E-state index in [1.165, 1.54) is 41.9 Å². The zero-order valence-corrected chi connectivity index (χ0v) is 11.6. The van der Waals surface area contributed by atoms with Crippen LogP contribution in [0, 0.1) is 6.92 Å². The molecule has 2 heterocycles. The predicted molar refractivity (Wildman–Crippen MR) is 73.5 cm³/mol. The lowest BCUT2D eigenvalue weighted by Crippen LogP contribution is -2.40. The Balaban J connectivity index is 1.82. The van der Waals surface area contributed by atoms with Crippen LogP contribution in [0.2, 0.25) is 0 Å². The summed E-state index contributed by atoms with van der Waals surface area (Å²) in [6.07, 6.45) is 6.34. The Labute approximate surface area is 112 Å². The van der Waals surface area contributed by atoms with Crippen LogP contribution in [0.5, 0.6) is 0 Å². The Bertz CT molecular complexity index is 437. The second-order valence-corrected chi connectivity index (χ2v) is 6.64. The molecule has 1 N–H and O–H groups in total. The molecule has 98 valence electrons. The second kappa shape index (κ2) is 5.02. The molecule has 1 amide bonds. The van der Waals surface area contributed by atoms with Gasteiger partial charge < -0.3 is 4.90 Å². The number of amides is 1. The van der Waals surface area contributed by atoms with Gasteiger partial charge in [-0.05, 0) is 31.9 Å². The zero-order valence-electron chi connectivity index (χ0n) is 10.8. The maximum atomic E-state index is 12.1. The number of nitrogens with one attached hydrogen (secondary N) is 1. The van der Waals surface area contributed by atoms with Gasteiger partial charge in [0, 0.05) is 15.8 Å². The lowest BCUT2D eigenvalue weighted by Gasteiger charge is -2.34. The molecule has 0 radical (unpaired) electrons. The van der Waals surface area contributed by atoms with Crippen LogP contribution in [-0.4, -0.2) is 23.4 Å². The molecule has 18 heavy (non-hydrogen) atoms. The molecular formula is C14H20N2OS. The van der Waals surface area contributed by atoms with Crippen LogP contribution in [0.4, 0.5) is 0 Å². The topological polar surface area (TPSA) is 32.3 Å². The molecule has 3 nitrogen and oxygen atoms in total. The van der Waals surface area contributed by atoms with Crippen molar-refractivity contribution in [3.63, 3.8) is 0 Å². The Morgan fingerprint density at radius 2 is 2.06 bits per heavy atom. The van der Waals surface area contributed by atoms with Crippen molar-refractivity contribution >= 4 is 17.2 Å². The van der Waals surface area contributed by atoms with Gasteiger partial charge in [0.1, 0.15) is 6.17 Å². The summed E-state index contributed by atoms with van der Waals surface area (Å²) in [5.41, 5.74) is 0. The third-order valence-corrected chi connectivity index (χ3v) is 5.06. The average Bonchev–Trinajstić information content (AvgIpc) is 2.96. The summed E-state index contributed by atoms with van der Waals surface area (Å²) >= 11 is 1.80. The van der Waals surface area contributed by atoms with Crippen LogP contribution in [-0.2, 0) is 4.79 Å². The molecule has 0 aromatic carbocycles. The van der Waals surface area contributed by atoms with Crippen molar-refractivity contribution in [1.82, 2.24) is 10.2 Å². The Morgan fingerprint density at radius 1 is 1.28 bits per heavy atom. The summed E-state index contributed by atoms with van der Waals surface area (Å²) < 4.78 is 0. The van der Waals surface area contributed by atoms with Gasteiger partial charge in [-0.15, -0.1) is 11.3 Å². The third-order valence-electron chi connectivity index (χ3n) is 4.01. The maximum absolute atomic E-state index is 12.1. The number of aryl methyl sites for hydroxylation is 1. The van der Waals surface area contributed by atoms with Crippen LogP contribution in [0.1, 0.15) is 48.0 Å². The van der Waals surface area contributed by atoms with E-state index in [0.717, 1.165) is 0 Å². The molecule has 3 rings (SSSR count). The molecule has 1 saturated carbocycles. The number of carbonyl (C=O) groups excluding carboxylic acids is 1. The summed E-state index contributed by atoms with van der Waals surface area (Å²) in [7, 11) is 0. The van der Waals surface area contributed by atoms with Gasteiger partial charge in [0.15, 0.2) is 0 Å². The van der Waals surface area contributed by atoms with Crippen LogP contribution < -0.4 is 5.32 Å². The van der Waals surface area contributed by atoms with E-state index in [9.17, 15) is 4.79 Å². The van der Waals surface area contributed by atoms with Crippen molar-refractivity contribution in [2.75, 3.05) is 6.54 Å². The lowest BCUT2D eigenvalue weighted by atomic mass is 9.94. The van der Waals surface area contributed by atoms with Crippen molar-refractivity contribution in [3.05, 3.63) is 21.9 Å². The fourth-order valence-corrected chi connectivity index (χ4v) is 4.08. The van der Waals surface area contributed by atoms with Crippen molar-refractivity contribution in [3.8, 4) is 0 Å². The average molecular weight is 264 g/mol. The zero-order chi connectivity index (χ0) is 12.5. The highest BCUT2D eigenvalue weighted by Crippen LogP contribution is 2.34. The van der Waals surface area contributed by atoms with Gasteiger partial charge in [-0.25, -0.2) is 0 Å². The van der Waals surface area contributed by atoms with Gasteiger partial charge in [0.25, 0.3) is 0 Å². The summed E-state index contributed by atoms with van der Waals surface area (Å²) in [5.74, 6) is 0.276. The van der Waals surface area contributed by atoms with Crippen LogP contribution >= 0.6 is 11.3 Å². The monoisotopic (exact) mass is 264 g/mol. The van der Waals surface area contributed by atoms with E-state index in [1.54, 1.807) is 11.3 Å². The fourth-order valence-electron chi connectivity index (χ4n) is 3.13. The first kappa shape index (κ1) is 12.2. The highest BCUT2D eigenvalue weighted by molar-refractivity contribution is 7.12. The van der Waals surface area contributed by atoms with Crippen LogP contribution in [0.3, 0.4) is 0 Å². The molecule has 1 aromatic heterocycles. The lowest BCUT2D eigenvalue weighted by molar-refractivity contribution is -0.131. The van der Waals surface area contributed by atoms with Gasteiger partial charge in [0.05, 0.1) is 6.54 Å². The summed E-state index contributed by atoms with van der Waals surface area (Å²) in [5, 5.41) is 3.37. The first-order chi connectivity index (χ1) is 8.75. The van der Waals surface area contributed by atoms with Crippen molar-refractivity contribution < 1.29 is 4.79 Å². The van der Waals surface area contributed by atoms with E-state index >= 15 is 0 Å². The van der Waals surface area contributed by atoms with E-state index in [2.05, 4.69) is 29.3 Å². The van der Waals surface area contributed by atoms with Crippen molar-refractivity contribution in [2.24, 2.45) is 0 Å².